The molecule has 19 heavy (non-hydrogen) atoms. The minimum atomic E-state index is -4.41. The number of fused-ring (bicyclic) bond motifs is 1. The van der Waals surface area contributed by atoms with Gasteiger partial charge < -0.3 is 10.1 Å². The number of nitrogens with one attached hydrogen (secondary N) is 1. The first-order valence-corrected chi connectivity index (χ1v) is 6.13. The maximum absolute atomic E-state index is 13.9. The van der Waals surface area contributed by atoms with Crippen LogP contribution in [0.3, 0.4) is 0 Å². The Balaban J connectivity index is 2.03. The van der Waals surface area contributed by atoms with Crippen LogP contribution in [0.15, 0.2) is 24.3 Å². The van der Waals surface area contributed by atoms with Gasteiger partial charge >= 0.3 is 6.18 Å². The summed E-state index contributed by atoms with van der Waals surface area (Å²) in [5.41, 5.74) is -0.782. The minimum absolute atomic E-state index is 0.150. The standard InChI is InChI=1S/C13H13F4NO/c14-10-4-2-1-3-8(10)12-7-19-11(13(15,16)17)9(12)5-6-18-12/h1-4,9,11,18H,5-7H2. The van der Waals surface area contributed by atoms with Gasteiger partial charge in [-0.3, -0.25) is 0 Å². The summed E-state index contributed by atoms with van der Waals surface area (Å²) < 4.78 is 57.7. The lowest BCUT2D eigenvalue weighted by Gasteiger charge is -2.30. The predicted octanol–water partition coefficient (Wildman–Crippen LogP) is 2.59. The van der Waals surface area contributed by atoms with Crippen molar-refractivity contribution in [1.82, 2.24) is 5.32 Å². The summed E-state index contributed by atoms with van der Waals surface area (Å²) in [6.07, 6.45) is -5.90. The quantitative estimate of drug-likeness (QED) is 0.795. The lowest BCUT2D eigenvalue weighted by molar-refractivity contribution is -0.216. The number of benzene rings is 1. The van der Waals surface area contributed by atoms with Crippen molar-refractivity contribution in [3.8, 4) is 0 Å². The van der Waals surface area contributed by atoms with Gasteiger partial charge in [0.25, 0.3) is 0 Å². The number of alkyl halides is 3. The van der Waals surface area contributed by atoms with Gasteiger partial charge in [-0.05, 0) is 19.0 Å². The van der Waals surface area contributed by atoms with Crippen molar-refractivity contribution < 1.29 is 22.3 Å². The fourth-order valence-corrected chi connectivity index (χ4v) is 3.25. The molecular formula is C13H13F4NO. The highest BCUT2D eigenvalue weighted by molar-refractivity contribution is 5.31. The van der Waals surface area contributed by atoms with E-state index in [0.717, 1.165) is 0 Å². The fourth-order valence-electron chi connectivity index (χ4n) is 3.25. The lowest BCUT2D eigenvalue weighted by atomic mass is 9.79. The van der Waals surface area contributed by atoms with E-state index in [9.17, 15) is 17.6 Å². The van der Waals surface area contributed by atoms with E-state index in [1.54, 1.807) is 6.07 Å². The van der Waals surface area contributed by atoms with E-state index < -0.39 is 29.6 Å². The van der Waals surface area contributed by atoms with Gasteiger partial charge in [-0.1, -0.05) is 18.2 Å². The van der Waals surface area contributed by atoms with E-state index >= 15 is 0 Å². The molecule has 0 amide bonds. The van der Waals surface area contributed by atoms with Gasteiger partial charge in [0.2, 0.25) is 0 Å². The number of rotatable bonds is 1. The third kappa shape index (κ3) is 1.85. The van der Waals surface area contributed by atoms with Crippen LogP contribution in [0.1, 0.15) is 12.0 Å². The summed E-state index contributed by atoms with van der Waals surface area (Å²) >= 11 is 0. The molecule has 2 aliphatic rings. The van der Waals surface area contributed by atoms with Crippen molar-refractivity contribution in [2.75, 3.05) is 13.2 Å². The molecule has 3 unspecified atom stereocenters. The van der Waals surface area contributed by atoms with Crippen LogP contribution in [0.25, 0.3) is 0 Å². The molecule has 0 aromatic heterocycles. The van der Waals surface area contributed by atoms with Crippen LogP contribution in [-0.2, 0) is 10.3 Å². The van der Waals surface area contributed by atoms with E-state index in [1.165, 1.54) is 18.2 Å². The average molecular weight is 275 g/mol. The molecule has 0 spiro atoms. The molecule has 2 nitrogen and oxygen atoms in total. The molecular weight excluding hydrogens is 262 g/mol. The van der Waals surface area contributed by atoms with Crippen molar-refractivity contribution in [2.24, 2.45) is 5.92 Å². The molecule has 1 N–H and O–H groups in total. The second-order valence-electron chi connectivity index (χ2n) is 5.05. The highest BCUT2D eigenvalue weighted by Gasteiger charge is 2.62. The monoisotopic (exact) mass is 275 g/mol. The van der Waals surface area contributed by atoms with Crippen molar-refractivity contribution in [3.63, 3.8) is 0 Å². The highest BCUT2D eigenvalue weighted by Crippen LogP contribution is 2.49. The van der Waals surface area contributed by atoms with Crippen LogP contribution in [0, 0.1) is 11.7 Å². The second kappa shape index (κ2) is 4.18. The maximum atomic E-state index is 13.9. The van der Waals surface area contributed by atoms with E-state index in [4.69, 9.17) is 4.74 Å². The van der Waals surface area contributed by atoms with Gasteiger partial charge in [-0.25, -0.2) is 4.39 Å². The molecule has 1 aromatic carbocycles. The summed E-state index contributed by atoms with van der Waals surface area (Å²) in [6, 6.07) is 5.95. The van der Waals surface area contributed by atoms with Crippen LogP contribution < -0.4 is 5.32 Å². The van der Waals surface area contributed by atoms with Crippen LogP contribution in [0.4, 0.5) is 17.6 Å². The van der Waals surface area contributed by atoms with Crippen LogP contribution in [0.5, 0.6) is 0 Å². The molecule has 6 heteroatoms. The predicted molar refractivity (Wildman–Crippen MR) is 60.0 cm³/mol. The SMILES string of the molecule is Fc1ccccc1C12COC(C(F)(F)F)C1CCN2. The maximum Gasteiger partial charge on any atom is 0.414 e. The molecule has 0 saturated carbocycles. The molecule has 2 fully saturated rings. The molecule has 0 radical (unpaired) electrons. The number of halogens is 4. The van der Waals surface area contributed by atoms with Crippen LogP contribution in [0.2, 0.25) is 0 Å². The van der Waals surface area contributed by atoms with Gasteiger partial charge in [0.05, 0.1) is 12.1 Å². The zero-order chi connectivity index (χ0) is 13.7. The van der Waals surface area contributed by atoms with Crippen molar-refractivity contribution in [3.05, 3.63) is 35.6 Å². The van der Waals surface area contributed by atoms with Gasteiger partial charge in [0.1, 0.15) is 5.82 Å². The molecule has 3 atom stereocenters. The van der Waals surface area contributed by atoms with Gasteiger partial charge in [0, 0.05) is 11.5 Å². The first-order valence-electron chi connectivity index (χ1n) is 6.13. The summed E-state index contributed by atoms with van der Waals surface area (Å²) in [5, 5.41) is 3.03. The molecule has 1 aromatic rings. The highest BCUT2D eigenvalue weighted by atomic mass is 19.4. The Morgan fingerprint density at radius 1 is 1.26 bits per heavy atom. The first-order chi connectivity index (χ1) is 8.95. The Morgan fingerprint density at radius 3 is 2.68 bits per heavy atom. The third-order valence-electron chi connectivity index (χ3n) is 4.06. The van der Waals surface area contributed by atoms with Gasteiger partial charge in [-0.15, -0.1) is 0 Å². The smallest absolute Gasteiger partial charge is 0.366 e. The molecule has 2 aliphatic heterocycles. The Hall–Kier alpha value is -1.14. The zero-order valence-corrected chi connectivity index (χ0v) is 10.0. The molecule has 104 valence electrons. The Kier molecular flexibility index (Phi) is 2.83. The summed E-state index contributed by atoms with van der Waals surface area (Å²) in [6.45, 7) is 0.289. The van der Waals surface area contributed by atoms with Gasteiger partial charge in [-0.2, -0.15) is 13.2 Å². The molecule has 3 rings (SSSR count). The Labute approximate surface area is 107 Å². The van der Waals surface area contributed by atoms with E-state index in [2.05, 4.69) is 5.32 Å². The largest absolute Gasteiger partial charge is 0.414 e. The lowest BCUT2D eigenvalue weighted by Crippen LogP contribution is -2.45. The second-order valence-corrected chi connectivity index (χ2v) is 5.05. The van der Waals surface area contributed by atoms with Crippen LogP contribution in [-0.4, -0.2) is 25.4 Å². The summed E-state index contributed by atoms with van der Waals surface area (Å²) in [7, 11) is 0. The summed E-state index contributed by atoms with van der Waals surface area (Å²) in [4.78, 5) is 0. The van der Waals surface area contributed by atoms with Gasteiger partial charge in [0.15, 0.2) is 6.10 Å². The molecule has 0 aliphatic carbocycles. The molecule has 0 bridgehead atoms. The first kappa shape index (κ1) is 12.9. The number of hydrogen-bond donors (Lipinski definition) is 1. The molecule has 2 saturated heterocycles. The van der Waals surface area contributed by atoms with Crippen molar-refractivity contribution in [2.45, 2.75) is 24.2 Å². The van der Waals surface area contributed by atoms with Crippen LogP contribution >= 0.6 is 0 Å². The number of ether oxygens (including phenoxy) is 1. The Bertz CT molecular complexity index is 490. The average Bonchev–Trinajstić information content (AvgIpc) is 2.86. The molecule has 2 heterocycles. The number of hydrogen-bond acceptors (Lipinski definition) is 2. The Morgan fingerprint density at radius 2 is 2.00 bits per heavy atom. The third-order valence-corrected chi connectivity index (χ3v) is 4.06. The van der Waals surface area contributed by atoms with Crippen molar-refractivity contribution >= 4 is 0 Å². The van der Waals surface area contributed by atoms with E-state index in [1.807, 2.05) is 0 Å². The zero-order valence-electron chi connectivity index (χ0n) is 10.0. The fraction of sp³-hybridized carbons (Fsp3) is 0.538. The summed E-state index contributed by atoms with van der Waals surface area (Å²) in [5.74, 6) is -1.27. The van der Waals surface area contributed by atoms with Crippen molar-refractivity contribution in [1.29, 1.82) is 0 Å². The van der Waals surface area contributed by atoms with E-state index in [-0.39, 0.29) is 12.2 Å². The topological polar surface area (TPSA) is 21.3 Å². The minimum Gasteiger partial charge on any atom is -0.366 e. The normalized spacial score (nSPS) is 34.5. The van der Waals surface area contributed by atoms with E-state index in [0.29, 0.717) is 13.0 Å².